The van der Waals surface area contributed by atoms with Crippen molar-refractivity contribution in [2.24, 2.45) is 11.7 Å². The van der Waals surface area contributed by atoms with Gasteiger partial charge in [0.1, 0.15) is 5.75 Å². The van der Waals surface area contributed by atoms with Crippen LogP contribution in [0.25, 0.3) is 0 Å². The molecule has 16 heavy (non-hydrogen) atoms. The Hall–Kier alpha value is -0.250. The molecule has 0 saturated heterocycles. The summed E-state index contributed by atoms with van der Waals surface area (Å²) < 4.78 is 0.730. The van der Waals surface area contributed by atoms with E-state index in [9.17, 15) is 5.11 Å². The largest absolute Gasteiger partial charge is 0.507 e. The minimum absolute atomic E-state index is 0. The summed E-state index contributed by atoms with van der Waals surface area (Å²) in [4.78, 5) is 0. The fraction of sp³-hybridized carbons (Fsp3) is 0.500. The van der Waals surface area contributed by atoms with Crippen molar-refractivity contribution in [1.82, 2.24) is 0 Å². The highest BCUT2D eigenvalue weighted by atomic mass is 79.9. The van der Waals surface area contributed by atoms with Gasteiger partial charge < -0.3 is 10.8 Å². The lowest BCUT2D eigenvalue weighted by atomic mass is 9.92. The molecule has 0 heterocycles. The number of benzene rings is 1. The summed E-state index contributed by atoms with van der Waals surface area (Å²) in [5.41, 5.74) is 7.33. The molecule has 4 heteroatoms. The van der Waals surface area contributed by atoms with E-state index in [1.807, 2.05) is 12.1 Å². The number of nitrogens with two attached hydrogens (primary N) is 1. The van der Waals surface area contributed by atoms with Crippen LogP contribution in [0.2, 0.25) is 0 Å². The summed E-state index contributed by atoms with van der Waals surface area (Å²) in [5, 5.41) is 9.40. The molecule has 0 amide bonds. The van der Waals surface area contributed by atoms with Gasteiger partial charge in [0.2, 0.25) is 0 Å². The summed E-state index contributed by atoms with van der Waals surface area (Å²) in [5.74, 6) is 0.888. The first-order chi connectivity index (χ1) is 7.18. The van der Waals surface area contributed by atoms with Crippen LogP contribution >= 0.6 is 28.3 Å². The standard InChI is InChI=1S/C12H16BrNO.ClH/c13-10-7-9(5-6-11(10)15)12(14)8-3-1-2-4-8;/h5-8,12,15H,1-4,14H2;1H/t12-;/m0./s1. The van der Waals surface area contributed by atoms with Crippen molar-refractivity contribution in [2.45, 2.75) is 31.7 Å². The van der Waals surface area contributed by atoms with Crippen LogP contribution in [0, 0.1) is 5.92 Å². The van der Waals surface area contributed by atoms with Crippen LogP contribution in [0.4, 0.5) is 0 Å². The Labute approximate surface area is 111 Å². The van der Waals surface area contributed by atoms with Gasteiger partial charge in [0.05, 0.1) is 4.47 Å². The molecule has 0 spiro atoms. The number of aromatic hydroxyl groups is 1. The van der Waals surface area contributed by atoms with Gasteiger partial charge in [0.15, 0.2) is 0 Å². The summed E-state index contributed by atoms with van der Waals surface area (Å²) in [6.45, 7) is 0. The van der Waals surface area contributed by atoms with E-state index in [4.69, 9.17) is 5.73 Å². The van der Waals surface area contributed by atoms with Gasteiger partial charge in [0, 0.05) is 6.04 Å². The van der Waals surface area contributed by atoms with Crippen LogP contribution in [0.3, 0.4) is 0 Å². The van der Waals surface area contributed by atoms with Crippen LogP contribution in [0.5, 0.6) is 5.75 Å². The normalized spacial score (nSPS) is 18.1. The van der Waals surface area contributed by atoms with Crippen LogP contribution in [-0.2, 0) is 0 Å². The Kier molecular flexibility index (Phi) is 5.09. The number of phenolic OH excluding ortho intramolecular Hbond substituents is 1. The second-order valence-electron chi connectivity index (χ2n) is 4.28. The molecule has 2 nitrogen and oxygen atoms in total. The van der Waals surface area contributed by atoms with E-state index in [2.05, 4.69) is 15.9 Å². The van der Waals surface area contributed by atoms with Gasteiger partial charge in [-0.1, -0.05) is 18.9 Å². The van der Waals surface area contributed by atoms with E-state index in [-0.39, 0.29) is 24.2 Å². The molecule has 0 aliphatic heterocycles. The third kappa shape index (κ3) is 2.90. The molecule has 90 valence electrons. The molecule has 0 aromatic heterocycles. The maximum absolute atomic E-state index is 9.40. The number of hydrogen-bond acceptors (Lipinski definition) is 2. The number of hydrogen-bond donors (Lipinski definition) is 2. The molecule has 2 rings (SSSR count). The first-order valence-electron chi connectivity index (χ1n) is 5.42. The highest BCUT2D eigenvalue weighted by Gasteiger charge is 2.23. The molecule has 1 saturated carbocycles. The third-order valence-electron chi connectivity index (χ3n) is 3.26. The van der Waals surface area contributed by atoms with E-state index < -0.39 is 0 Å². The zero-order valence-corrected chi connectivity index (χ0v) is 11.4. The maximum Gasteiger partial charge on any atom is 0.129 e. The fourth-order valence-corrected chi connectivity index (χ4v) is 2.72. The molecule has 0 bridgehead atoms. The fourth-order valence-electron chi connectivity index (χ4n) is 2.32. The Bertz CT molecular complexity index is 353. The van der Waals surface area contributed by atoms with Crippen molar-refractivity contribution in [2.75, 3.05) is 0 Å². The third-order valence-corrected chi connectivity index (χ3v) is 3.90. The molecule has 1 aliphatic carbocycles. The Morgan fingerprint density at radius 2 is 1.94 bits per heavy atom. The van der Waals surface area contributed by atoms with Gasteiger partial charge >= 0.3 is 0 Å². The lowest BCUT2D eigenvalue weighted by Crippen LogP contribution is -2.18. The molecule has 1 atom stereocenters. The van der Waals surface area contributed by atoms with Crippen molar-refractivity contribution in [1.29, 1.82) is 0 Å². The average Bonchev–Trinajstić information content (AvgIpc) is 2.74. The molecule has 1 aromatic carbocycles. The lowest BCUT2D eigenvalue weighted by molar-refractivity contribution is 0.442. The molecule has 0 radical (unpaired) electrons. The zero-order valence-electron chi connectivity index (χ0n) is 9.03. The van der Waals surface area contributed by atoms with E-state index in [1.165, 1.54) is 25.7 Å². The second kappa shape index (κ2) is 5.89. The molecule has 1 aromatic rings. The topological polar surface area (TPSA) is 46.2 Å². The molecule has 1 aliphatic rings. The SMILES string of the molecule is Cl.N[C@H](c1ccc(O)c(Br)c1)C1CCCC1. The summed E-state index contributed by atoms with van der Waals surface area (Å²) >= 11 is 3.32. The van der Waals surface area contributed by atoms with Crippen LogP contribution < -0.4 is 5.73 Å². The number of halogens is 2. The highest BCUT2D eigenvalue weighted by molar-refractivity contribution is 9.10. The summed E-state index contributed by atoms with van der Waals surface area (Å²) in [7, 11) is 0. The Morgan fingerprint density at radius 1 is 1.31 bits per heavy atom. The Morgan fingerprint density at radius 3 is 2.50 bits per heavy atom. The first kappa shape index (κ1) is 13.8. The van der Waals surface area contributed by atoms with Gasteiger partial charge in [0.25, 0.3) is 0 Å². The monoisotopic (exact) mass is 305 g/mol. The van der Waals surface area contributed by atoms with Gasteiger partial charge in [-0.05, 0) is 52.4 Å². The quantitative estimate of drug-likeness (QED) is 0.874. The van der Waals surface area contributed by atoms with Crippen molar-refractivity contribution in [3.8, 4) is 5.75 Å². The minimum atomic E-state index is 0. The average molecular weight is 307 g/mol. The predicted octanol–water partition coefficient (Wildman–Crippen LogP) is 3.77. The van der Waals surface area contributed by atoms with E-state index in [1.54, 1.807) is 6.07 Å². The second-order valence-corrected chi connectivity index (χ2v) is 5.14. The maximum atomic E-state index is 9.40. The molecule has 0 unspecified atom stereocenters. The lowest BCUT2D eigenvalue weighted by Gasteiger charge is -2.19. The van der Waals surface area contributed by atoms with Crippen LogP contribution in [0.1, 0.15) is 37.3 Å². The van der Waals surface area contributed by atoms with Crippen LogP contribution in [-0.4, -0.2) is 5.11 Å². The van der Waals surface area contributed by atoms with Gasteiger partial charge in [-0.3, -0.25) is 0 Å². The van der Waals surface area contributed by atoms with Gasteiger partial charge in [-0.15, -0.1) is 12.4 Å². The van der Waals surface area contributed by atoms with Crippen molar-refractivity contribution >= 4 is 28.3 Å². The van der Waals surface area contributed by atoms with E-state index >= 15 is 0 Å². The summed E-state index contributed by atoms with van der Waals surface area (Å²) in [6.07, 6.45) is 5.08. The highest BCUT2D eigenvalue weighted by Crippen LogP contribution is 2.36. The molecule has 3 N–H and O–H groups in total. The van der Waals surface area contributed by atoms with Gasteiger partial charge in [-0.25, -0.2) is 0 Å². The van der Waals surface area contributed by atoms with Crippen molar-refractivity contribution in [3.05, 3.63) is 28.2 Å². The van der Waals surface area contributed by atoms with Crippen molar-refractivity contribution < 1.29 is 5.11 Å². The smallest absolute Gasteiger partial charge is 0.129 e. The first-order valence-corrected chi connectivity index (χ1v) is 6.22. The zero-order chi connectivity index (χ0) is 10.8. The predicted molar refractivity (Wildman–Crippen MR) is 71.9 cm³/mol. The van der Waals surface area contributed by atoms with E-state index in [0.29, 0.717) is 5.92 Å². The summed E-state index contributed by atoms with van der Waals surface area (Å²) in [6, 6.07) is 5.67. The molecular formula is C12H17BrClNO. The molecular weight excluding hydrogens is 289 g/mol. The Balaban J connectivity index is 0.00000128. The number of phenols is 1. The van der Waals surface area contributed by atoms with Crippen LogP contribution in [0.15, 0.2) is 22.7 Å². The number of rotatable bonds is 2. The van der Waals surface area contributed by atoms with Gasteiger partial charge in [-0.2, -0.15) is 0 Å². The minimum Gasteiger partial charge on any atom is -0.507 e. The van der Waals surface area contributed by atoms with E-state index in [0.717, 1.165) is 10.0 Å². The molecule has 1 fully saturated rings. The van der Waals surface area contributed by atoms with Crippen molar-refractivity contribution in [3.63, 3.8) is 0 Å².